The van der Waals surface area contributed by atoms with Gasteiger partial charge in [0.2, 0.25) is 0 Å². The fourth-order valence-corrected chi connectivity index (χ4v) is 3.02. The predicted molar refractivity (Wildman–Crippen MR) is 108 cm³/mol. The van der Waals surface area contributed by atoms with Crippen LogP contribution < -0.4 is 0 Å². The second-order valence-corrected chi connectivity index (χ2v) is 8.20. The van der Waals surface area contributed by atoms with Crippen LogP contribution in [-0.4, -0.2) is 5.78 Å². The molecule has 0 fully saturated rings. The summed E-state index contributed by atoms with van der Waals surface area (Å²) in [5.74, 6) is 2.01. The summed E-state index contributed by atoms with van der Waals surface area (Å²) in [6, 6.07) is 0. The Morgan fingerprint density at radius 2 is 1.29 bits per heavy atom. The first kappa shape index (κ1) is 23.1. The summed E-state index contributed by atoms with van der Waals surface area (Å²) in [6.07, 6.45) is 16.6. The van der Waals surface area contributed by atoms with E-state index in [4.69, 9.17) is 0 Å². The molecule has 0 aromatic rings. The number of hydrogen-bond donors (Lipinski definition) is 0. The highest BCUT2D eigenvalue weighted by molar-refractivity contribution is 5.75. The quantitative estimate of drug-likeness (QED) is 0.298. The monoisotopic (exact) mass is 334 g/mol. The van der Waals surface area contributed by atoms with Crippen LogP contribution in [0.25, 0.3) is 0 Å². The first-order chi connectivity index (χ1) is 11.3. The van der Waals surface area contributed by atoms with E-state index in [0.717, 1.165) is 31.1 Å². The van der Waals surface area contributed by atoms with E-state index >= 15 is 0 Å². The van der Waals surface area contributed by atoms with Crippen LogP contribution in [0.2, 0.25) is 0 Å². The summed E-state index contributed by atoms with van der Waals surface area (Å²) >= 11 is 0. The van der Waals surface area contributed by atoms with Gasteiger partial charge in [-0.15, -0.1) is 0 Å². The van der Waals surface area contributed by atoms with Gasteiger partial charge in [-0.1, -0.05) is 69.8 Å². The van der Waals surface area contributed by atoms with E-state index in [1.807, 2.05) is 0 Å². The topological polar surface area (TPSA) is 17.1 Å². The van der Waals surface area contributed by atoms with Gasteiger partial charge in [-0.2, -0.15) is 0 Å². The molecule has 0 spiro atoms. The number of hydrogen-bond acceptors (Lipinski definition) is 1. The van der Waals surface area contributed by atoms with E-state index in [0.29, 0.717) is 6.42 Å². The Morgan fingerprint density at radius 3 is 1.88 bits per heavy atom. The van der Waals surface area contributed by atoms with Crippen molar-refractivity contribution in [1.29, 1.82) is 0 Å². The zero-order chi connectivity index (χ0) is 18.4. The predicted octanol–water partition coefficient (Wildman–Crippen LogP) is 7.66. The van der Waals surface area contributed by atoms with Crippen LogP contribution in [0.4, 0.5) is 0 Å². The minimum Gasteiger partial charge on any atom is -0.300 e. The first-order valence-electron chi connectivity index (χ1n) is 10.1. The second-order valence-electron chi connectivity index (χ2n) is 8.20. The molecule has 0 rings (SSSR count). The number of carbonyl (C=O) groups excluding carboxylic acids is 1. The van der Waals surface area contributed by atoms with Crippen LogP contribution in [0.5, 0.6) is 0 Å². The van der Waals surface area contributed by atoms with Gasteiger partial charge < -0.3 is 4.79 Å². The molecule has 0 amide bonds. The van der Waals surface area contributed by atoms with Crippen LogP contribution >= 0.6 is 0 Å². The lowest BCUT2D eigenvalue weighted by atomic mass is 9.94. The second kappa shape index (κ2) is 14.5. The molecule has 140 valence electrons. The summed E-state index contributed by atoms with van der Waals surface area (Å²) in [4.78, 5) is 10.9. The standard InChI is InChI=1S/C23H42O/c1-19(2)11-7-12-20(3)13-8-14-21(4)15-9-16-22(5)17-10-18-23(6)24/h15,17,19-20H,7-14,16,18H2,1-6H3/b21-15+,22-17-. The van der Waals surface area contributed by atoms with Gasteiger partial charge in [-0.3, -0.25) is 0 Å². The molecule has 0 aromatic carbocycles. The van der Waals surface area contributed by atoms with Crippen LogP contribution in [-0.2, 0) is 4.79 Å². The summed E-state index contributed by atoms with van der Waals surface area (Å²) in [7, 11) is 0. The smallest absolute Gasteiger partial charge is 0.130 e. The maximum absolute atomic E-state index is 10.9. The summed E-state index contributed by atoms with van der Waals surface area (Å²) in [6.45, 7) is 13.2. The highest BCUT2D eigenvalue weighted by atomic mass is 16.1. The molecule has 0 aromatic heterocycles. The Balaban J connectivity index is 3.77. The lowest BCUT2D eigenvalue weighted by Crippen LogP contribution is -1.97. The number of Topliss-reactive ketones (excluding diaryl/α,β-unsaturated/α-hetero) is 1. The molecular weight excluding hydrogens is 292 g/mol. The number of allylic oxidation sites excluding steroid dienone is 4. The summed E-state index contributed by atoms with van der Waals surface area (Å²) in [5, 5.41) is 0. The van der Waals surface area contributed by atoms with E-state index < -0.39 is 0 Å². The Bertz CT molecular complexity index is 387. The average Bonchev–Trinajstić information content (AvgIpc) is 2.46. The Kier molecular flexibility index (Phi) is 14.0. The normalized spacial score (nSPS) is 14.3. The van der Waals surface area contributed by atoms with Crippen molar-refractivity contribution in [2.75, 3.05) is 0 Å². The molecule has 0 saturated heterocycles. The van der Waals surface area contributed by atoms with Gasteiger partial charge in [0.1, 0.15) is 5.78 Å². The minimum absolute atomic E-state index is 0.285. The third kappa shape index (κ3) is 16.0. The van der Waals surface area contributed by atoms with Crippen molar-refractivity contribution < 1.29 is 4.79 Å². The molecule has 0 bridgehead atoms. The fraction of sp³-hybridized carbons (Fsp3) is 0.783. The highest BCUT2D eigenvalue weighted by Gasteiger charge is 2.03. The number of rotatable bonds is 14. The third-order valence-electron chi connectivity index (χ3n) is 4.77. The van der Waals surface area contributed by atoms with Gasteiger partial charge >= 0.3 is 0 Å². The van der Waals surface area contributed by atoms with Crippen molar-refractivity contribution in [2.24, 2.45) is 11.8 Å². The summed E-state index contributed by atoms with van der Waals surface area (Å²) in [5.41, 5.74) is 2.96. The molecule has 0 radical (unpaired) electrons. The van der Waals surface area contributed by atoms with E-state index in [-0.39, 0.29) is 5.78 Å². The number of ketones is 1. The SMILES string of the molecule is CC(=O)CC/C=C(/C)CC/C=C(\C)CCCC(C)CCCC(C)C. The maximum Gasteiger partial charge on any atom is 0.130 e. The van der Waals surface area contributed by atoms with Crippen LogP contribution in [0.3, 0.4) is 0 Å². The van der Waals surface area contributed by atoms with E-state index in [1.54, 1.807) is 12.5 Å². The van der Waals surface area contributed by atoms with Gasteiger partial charge in [-0.05, 0) is 64.7 Å². The van der Waals surface area contributed by atoms with Gasteiger partial charge in [0, 0.05) is 6.42 Å². The van der Waals surface area contributed by atoms with E-state index in [1.165, 1.54) is 44.1 Å². The van der Waals surface area contributed by atoms with Gasteiger partial charge in [0.15, 0.2) is 0 Å². The van der Waals surface area contributed by atoms with Crippen molar-refractivity contribution in [2.45, 2.75) is 106 Å². The number of carbonyl (C=O) groups is 1. The van der Waals surface area contributed by atoms with Crippen molar-refractivity contribution >= 4 is 5.78 Å². The van der Waals surface area contributed by atoms with Crippen LogP contribution in [0.15, 0.2) is 23.3 Å². The van der Waals surface area contributed by atoms with Crippen molar-refractivity contribution in [1.82, 2.24) is 0 Å². The molecule has 0 aliphatic heterocycles. The Morgan fingerprint density at radius 1 is 0.750 bits per heavy atom. The first-order valence-corrected chi connectivity index (χ1v) is 10.1. The molecule has 0 heterocycles. The molecule has 0 saturated carbocycles. The van der Waals surface area contributed by atoms with Crippen LogP contribution in [0, 0.1) is 11.8 Å². The zero-order valence-corrected chi connectivity index (χ0v) is 17.3. The third-order valence-corrected chi connectivity index (χ3v) is 4.77. The molecule has 24 heavy (non-hydrogen) atoms. The Labute approximate surface area is 152 Å². The van der Waals surface area contributed by atoms with E-state index in [9.17, 15) is 4.79 Å². The van der Waals surface area contributed by atoms with Crippen LogP contribution in [0.1, 0.15) is 106 Å². The van der Waals surface area contributed by atoms with Crippen molar-refractivity contribution in [3.8, 4) is 0 Å². The molecule has 0 aliphatic rings. The summed E-state index contributed by atoms with van der Waals surface area (Å²) < 4.78 is 0. The van der Waals surface area contributed by atoms with Crippen molar-refractivity contribution in [3.05, 3.63) is 23.3 Å². The fourth-order valence-electron chi connectivity index (χ4n) is 3.02. The molecule has 1 nitrogen and oxygen atoms in total. The lowest BCUT2D eigenvalue weighted by Gasteiger charge is -2.12. The average molecular weight is 335 g/mol. The molecule has 1 unspecified atom stereocenters. The largest absolute Gasteiger partial charge is 0.300 e. The molecule has 1 atom stereocenters. The zero-order valence-electron chi connectivity index (χ0n) is 17.3. The van der Waals surface area contributed by atoms with Gasteiger partial charge in [-0.25, -0.2) is 0 Å². The molecule has 0 N–H and O–H groups in total. The maximum atomic E-state index is 10.9. The van der Waals surface area contributed by atoms with Gasteiger partial charge in [0.25, 0.3) is 0 Å². The van der Waals surface area contributed by atoms with Gasteiger partial charge in [0.05, 0.1) is 0 Å². The molecule has 1 heteroatoms. The molecular formula is C23H42O. The highest BCUT2D eigenvalue weighted by Crippen LogP contribution is 2.19. The van der Waals surface area contributed by atoms with E-state index in [2.05, 4.69) is 46.8 Å². The lowest BCUT2D eigenvalue weighted by molar-refractivity contribution is -0.116. The Hall–Kier alpha value is -0.850. The molecule has 0 aliphatic carbocycles. The minimum atomic E-state index is 0.285. The van der Waals surface area contributed by atoms with Crippen molar-refractivity contribution in [3.63, 3.8) is 0 Å².